The molecular weight excluding hydrogens is 184 g/mol. The second-order valence-corrected chi connectivity index (χ2v) is 5.34. The van der Waals surface area contributed by atoms with E-state index in [-0.39, 0.29) is 0 Å². The lowest BCUT2D eigenvalue weighted by Gasteiger charge is -2.28. The Balaban J connectivity index is 2.51. The summed E-state index contributed by atoms with van der Waals surface area (Å²) in [6.07, 6.45) is 3.81. The number of pyridine rings is 1. The van der Waals surface area contributed by atoms with Crippen LogP contribution in [0.1, 0.15) is 38.8 Å². The number of aromatic nitrogens is 1. The van der Waals surface area contributed by atoms with E-state index in [1.807, 2.05) is 12.4 Å². The SMILES string of the molecule is Cc1cncc(CNC(C)C(C)(C)C)c1. The quantitative estimate of drug-likeness (QED) is 0.822. The topological polar surface area (TPSA) is 24.9 Å². The van der Waals surface area contributed by atoms with Crippen LogP contribution in [0, 0.1) is 12.3 Å². The van der Waals surface area contributed by atoms with Crippen LogP contribution >= 0.6 is 0 Å². The molecule has 2 heteroatoms. The largest absolute Gasteiger partial charge is 0.310 e. The molecule has 0 bridgehead atoms. The molecule has 15 heavy (non-hydrogen) atoms. The monoisotopic (exact) mass is 206 g/mol. The van der Waals surface area contributed by atoms with Crippen LogP contribution in [0.25, 0.3) is 0 Å². The molecule has 1 aromatic heterocycles. The highest BCUT2D eigenvalue weighted by atomic mass is 14.9. The van der Waals surface area contributed by atoms with Crippen LogP contribution in [-0.4, -0.2) is 11.0 Å². The van der Waals surface area contributed by atoms with Gasteiger partial charge in [-0.1, -0.05) is 26.8 Å². The van der Waals surface area contributed by atoms with Gasteiger partial charge >= 0.3 is 0 Å². The zero-order valence-corrected chi connectivity index (χ0v) is 10.5. The fourth-order valence-corrected chi connectivity index (χ4v) is 1.29. The summed E-state index contributed by atoms with van der Waals surface area (Å²) in [5, 5.41) is 3.53. The molecule has 0 aromatic carbocycles. The molecule has 0 radical (unpaired) electrons. The van der Waals surface area contributed by atoms with Crippen molar-refractivity contribution in [3.05, 3.63) is 29.6 Å². The molecule has 0 aliphatic heterocycles. The summed E-state index contributed by atoms with van der Waals surface area (Å²) in [5.41, 5.74) is 2.78. The molecule has 2 nitrogen and oxygen atoms in total. The van der Waals surface area contributed by atoms with Crippen LogP contribution in [0.3, 0.4) is 0 Å². The first-order chi connectivity index (χ1) is 6.89. The van der Waals surface area contributed by atoms with E-state index in [2.05, 4.69) is 51.0 Å². The predicted molar refractivity (Wildman–Crippen MR) is 64.7 cm³/mol. The maximum Gasteiger partial charge on any atom is 0.0313 e. The van der Waals surface area contributed by atoms with Gasteiger partial charge in [0.25, 0.3) is 0 Å². The van der Waals surface area contributed by atoms with Crippen LogP contribution in [0.2, 0.25) is 0 Å². The molecule has 84 valence electrons. The maximum absolute atomic E-state index is 4.18. The van der Waals surface area contributed by atoms with Gasteiger partial charge in [0, 0.05) is 25.0 Å². The Morgan fingerprint density at radius 1 is 1.33 bits per heavy atom. The normalized spacial score (nSPS) is 13.9. The Morgan fingerprint density at radius 3 is 2.53 bits per heavy atom. The minimum atomic E-state index is 0.303. The molecular formula is C13H22N2. The fraction of sp³-hybridized carbons (Fsp3) is 0.615. The van der Waals surface area contributed by atoms with Crippen molar-refractivity contribution in [2.45, 2.75) is 47.2 Å². The summed E-state index contributed by atoms with van der Waals surface area (Å²) in [7, 11) is 0. The molecule has 0 saturated carbocycles. The van der Waals surface area contributed by atoms with Crippen LogP contribution < -0.4 is 5.32 Å². The van der Waals surface area contributed by atoms with Crippen LogP contribution in [0.15, 0.2) is 18.5 Å². The van der Waals surface area contributed by atoms with Gasteiger partial charge in [-0.15, -0.1) is 0 Å². The highest BCUT2D eigenvalue weighted by Crippen LogP contribution is 2.18. The second kappa shape index (κ2) is 4.75. The van der Waals surface area contributed by atoms with Gasteiger partial charge in [0.1, 0.15) is 0 Å². The van der Waals surface area contributed by atoms with Gasteiger partial charge in [-0.3, -0.25) is 4.98 Å². The Morgan fingerprint density at radius 2 is 2.00 bits per heavy atom. The van der Waals surface area contributed by atoms with Gasteiger partial charge in [-0.25, -0.2) is 0 Å². The molecule has 1 atom stereocenters. The number of rotatable bonds is 3. The summed E-state index contributed by atoms with van der Waals surface area (Å²) in [4.78, 5) is 4.18. The Labute approximate surface area is 93.1 Å². The van der Waals surface area contributed by atoms with Gasteiger partial charge in [-0.2, -0.15) is 0 Å². The lowest BCUT2D eigenvalue weighted by molar-refractivity contribution is 0.285. The molecule has 0 aliphatic rings. The first kappa shape index (κ1) is 12.2. The molecule has 0 spiro atoms. The lowest BCUT2D eigenvalue weighted by atomic mass is 9.88. The standard InChI is InChI=1S/C13H22N2/c1-10-6-12(8-14-7-10)9-15-11(2)13(3,4)5/h6-8,11,15H,9H2,1-5H3. The van der Waals surface area contributed by atoms with Gasteiger partial charge in [0.2, 0.25) is 0 Å². The van der Waals surface area contributed by atoms with E-state index in [0.717, 1.165) is 6.54 Å². The van der Waals surface area contributed by atoms with E-state index in [4.69, 9.17) is 0 Å². The predicted octanol–water partition coefficient (Wildman–Crippen LogP) is 2.91. The lowest BCUT2D eigenvalue weighted by Crippen LogP contribution is -2.37. The first-order valence-corrected chi connectivity index (χ1v) is 5.53. The Kier molecular flexibility index (Phi) is 3.86. The maximum atomic E-state index is 4.18. The number of aryl methyl sites for hydroxylation is 1. The smallest absolute Gasteiger partial charge is 0.0313 e. The van der Waals surface area contributed by atoms with Crippen molar-refractivity contribution < 1.29 is 0 Å². The molecule has 1 heterocycles. The van der Waals surface area contributed by atoms with Gasteiger partial charge in [-0.05, 0) is 30.4 Å². The third kappa shape index (κ3) is 4.00. The highest BCUT2D eigenvalue weighted by Gasteiger charge is 2.18. The molecule has 0 amide bonds. The molecule has 1 rings (SSSR count). The minimum Gasteiger partial charge on any atom is -0.310 e. The van der Waals surface area contributed by atoms with Gasteiger partial charge in [0.05, 0.1) is 0 Å². The summed E-state index contributed by atoms with van der Waals surface area (Å²) in [5.74, 6) is 0. The van der Waals surface area contributed by atoms with Gasteiger partial charge < -0.3 is 5.32 Å². The zero-order chi connectivity index (χ0) is 11.5. The van der Waals surface area contributed by atoms with E-state index in [9.17, 15) is 0 Å². The van der Waals surface area contributed by atoms with Crippen molar-refractivity contribution in [3.8, 4) is 0 Å². The van der Waals surface area contributed by atoms with E-state index in [0.29, 0.717) is 11.5 Å². The number of hydrogen-bond donors (Lipinski definition) is 1. The van der Waals surface area contributed by atoms with Crippen LogP contribution in [0.4, 0.5) is 0 Å². The number of nitrogens with zero attached hydrogens (tertiary/aromatic N) is 1. The molecule has 1 aromatic rings. The Hall–Kier alpha value is -0.890. The number of hydrogen-bond acceptors (Lipinski definition) is 2. The first-order valence-electron chi connectivity index (χ1n) is 5.53. The second-order valence-electron chi connectivity index (χ2n) is 5.34. The van der Waals surface area contributed by atoms with Crippen LogP contribution in [0.5, 0.6) is 0 Å². The zero-order valence-electron chi connectivity index (χ0n) is 10.5. The van der Waals surface area contributed by atoms with Crippen molar-refractivity contribution in [2.75, 3.05) is 0 Å². The van der Waals surface area contributed by atoms with Crippen molar-refractivity contribution in [1.82, 2.24) is 10.3 Å². The minimum absolute atomic E-state index is 0.303. The van der Waals surface area contributed by atoms with E-state index >= 15 is 0 Å². The highest BCUT2D eigenvalue weighted by molar-refractivity contribution is 5.16. The van der Waals surface area contributed by atoms with Crippen molar-refractivity contribution in [2.24, 2.45) is 5.41 Å². The average molecular weight is 206 g/mol. The fourth-order valence-electron chi connectivity index (χ4n) is 1.29. The third-order valence-corrected chi connectivity index (χ3v) is 2.84. The van der Waals surface area contributed by atoms with E-state index in [1.54, 1.807) is 0 Å². The van der Waals surface area contributed by atoms with Crippen molar-refractivity contribution >= 4 is 0 Å². The molecule has 1 unspecified atom stereocenters. The van der Waals surface area contributed by atoms with Crippen LogP contribution in [-0.2, 0) is 6.54 Å². The Bertz CT molecular complexity index is 313. The summed E-state index contributed by atoms with van der Waals surface area (Å²) in [6, 6.07) is 2.67. The summed E-state index contributed by atoms with van der Waals surface area (Å²) in [6.45, 7) is 11.9. The summed E-state index contributed by atoms with van der Waals surface area (Å²) >= 11 is 0. The molecule has 0 saturated heterocycles. The molecule has 0 fully saturated rings. The van der Waals surface area contributed by atoms with Crippen molar-refractivity contribution in [1.29, 1.82) is 0 Å². The van der Waals surface area contributed by atoms with E-state index < -0.39 is 0 Å². The summed E-state index contributed by atoms with van der Waals surface area (Å²) < 4.78 is 0. The average Bonchev–Trinajstić information content (AvgIpc) is 2.12. The van der Waals surface area contributed by atoms with Gasteiger partial charge in [0.15, 0.2) is 0 Å². The number of nitrogens with one attached hydrogen (secondary N) is 1. The van der Waals surface area contributed by atoms with E-state index in [1.165, 1.54) is 11.1 Å². The third-order valence-electron chi connectivity index (χ3n) is 2.84. The van der Waals surface area contributed by atoms with Crippen molar-refractivity contribution in [3.63, 3.8) is 0 Å². The molecule has 1 N–H and O–H groups in total. The molecule has 0 aliphatic carbocycles.